The zero-order valence-corrected chi connectivity index (χ0v) is 39.6. The predicted octanol–water partition coefficient (Wildman–Crippen LogP) is 5.53. The standard InChI is InChI=1S/C50H77NO13/c1-29-15-11-10-12-16-30(2)41(61-8)27-37-20-18-35(7)50(60,64-37)47(57)48(58)51-22-14-13-17-38(51)49(59)63-42(32(4)25-36-19-21-39(52)43(26-36)62-9)28-40(53)31(3)24-34(6)45(55)46(56)44(54)33(5)23-29/h10-12,15-16,24,29,31-33,35-39,41-43,45-46,52,55-56,60H,13-14,17-23,25-28H2,1-9H3/b12-10+,15-11-,30-16+,34-24+/t29-,31-,32-,33-,35-,36+,37+,38+,39-,41+,42+,43-,45-,46+,50-/m1/s1. The third kappa shape index (κ3) is 13.8. The van der Waals surface area contributed by atoms with Gasteiger partial charge in [-0.1, -0.05) is 71.1 Å². The van der Waals surface area contributed by atoms with Crippen LogP contribution in [0.4, 0.5) is 0 Å². The van der Waals surface area contributed by atoms with Crippen LogP contribution in [0.25, 0.3) is 0 Å². The molecule has 0 radical (unpaired) electrons. The van der Waals surface area contributed by atoms with Crippen molar-refractivity contribution in [2.75, 3.05) is 20.8 Å². The van der Waals surface area contributed by atoms with Crippen molar-refractivity contribution in [2.24, 2.45) is 35.5 Å². The Bertz CT molecular complexity index is 1740. The first-order valence-electron chi connectivity index (χ1n) is 23.5. The van der Waals surface area contributed by atoms with E-state index in [1.807, 2.05) is 51.2 Å². The number of esters is 1. The molecular weight excluding hydrogens is 823 g/mol. The summed E-state index contributed by atoms with van der Waals surface area (Å²) in [4.78, 5) is 71.2. The van der Waals surface area contributed by atoms with Gasteiger partial charge in [0.05, 0.1) is 24.4 Å². The van der Waals surface area contributed by atoms with Crippen molar-refractivity contribution >= 4 is 29.2 Å². The van der Waals surface area contributed by atoms with Gasteiger partial charge in [-0.3, -0.25) is 19.2 Å². The Kier molecular flexibility index (Phi) is 20.3. The molecule has 3 heterocycles. The maximum absolute atomic E-state index is 14.3. The number of cyclic esters (lactones) is 1. The van der Waals surface area contributed by atoms with E-state index in [4.69, 9.17) is 18.9 Å². The molecule has 0 aromatic carbocycles. The van der Waals surface area contributed by atoms with Gasteiger partial charge >= 0.3 is 5.97 Å². The number of rotatable bonds is 5. The Balaban J connectivity index is 1.69. The number of carbonyl (C=O) groups excluding carboxylic acids is 5. The van der Waals surface area contributed by atoms with Gasteiger partial charge in [0.2, 0.25) is 5.79 Å². The minimum absolute atomic E-state index is 0.0365. The van der Waals surface area contributed by atoms with E-state index in [0.29, 0.717) is 64.2 Å². The minimum Gasteiger partial charge on any atom is -0.460 e. The van der Waals surface area contributed by atoms with Gasteiger partial charge in [-0.15, -0.1) is 0 Å². The zero-order chi connectivity index (χ0) is 47.5. The molecule has 4 rings (SSSR count). The molecule has 0 aromatic heterocycles. The van der Waals surface area contributed by atoms with Crippen molar-refractivity contribution in [3.8, 4) is 0 Å². The van der Waals surface area contributed by atoms with E-state index >= 15 is 0 Å². The number of hydrogen-bond acceptors (Lipinski definition) is 13. The highest BCUT2D eigenvalue weighted by Gasteiger charge is 2.53. The van der Waals surface area contributed by atoms with Crippen molar-refractivity contribution < 1.29 is 63.3 Å². The Labute approximate surface area is 380 Å². The number of amides is 1. The summed E-state index contributed by atoms with van der Waals surface area (Å²) >= 11 is 0. The molecule has 0 spiro atoms. The monoisotopic (exact) mass is 900 g/mol. The molecule has 3 aliphatic heterocycles. The molecule has 0 aromatic rings. The minimum atomic E-state index is -2.44. The SMILES string of the molecule is CO[C@H]1C[C@@H]2CC[C@@H](C)[C@@](O)(O2)C(=O)C(=O)N2CCCC[C@H]2C(=O)O[C@H]([C@H](C)C[C@@H]2CC[C@@H](O)[C@H](OC)C2)CC(=O)[C@H](C)/C=C(\C)[C@@H](O)[C@@H](O)C(=O)[C@H](C)C[C@H](C)\C=C/C=C/C=C/1C. The van der Waals surface area contributed by atoms with E-state index in [0.717, 1.165) is 5.57 Å². The van der Waals surface area contributed by atoms with Crippen LogP contribution >= 0.6 is 0 Å². The Hall–Kier alpha value is -3.37. The summed E-state index contributed by atoms with van der Waals surface area (Å²) in [6.45, 7) is 12.4. The average Bonchev–Trinajstić information content (AvgIpc) is 3.27. The predicted molar refractivity (Wildman–Crippen MR) is 240 cm³/mol. The highest BCUT2D eigenvalue weighted by molar-refractivity contribution is 6.39. The van der Waals surface area contributed by atoms with Gasteiger partial charge in [0.25, 0.3) is 11.7 Å². The lowest BCUT2D eigenvalue weighted by Crippen LogP contribution is -2.61. The third-order valence-corrected chi connectivity index (χ3v) is 14.2. The van der Waals surface area contributed by atoms with Gasteiger partial charge in [-0.05, 0) is 107 Å². The molecule has 4 N–H and O–H groups in total. The maximum atomic E-state index is 14.3. The second kappa shape index (κ2) is 24.4. The molecule has 64 heavy (non-hydrogen) atoms. The molecule has 0 unspecified atom stereocenters. The molecule has 1 saturated carbocycles. The maximum Gasteiger partial charge on any atom is 0.329 e. The molecule has 15 atom stereocenters. The fraction of sp³-hybridized carbons (Fsp3) is 0.740. The van der Waals surface area contributed by atoms with E-state index in [-0.39, 0.29) is 54.6 Å². The number of fused-ring (bicyclic) bond motifs is 3. The van der Waals surface area contributed by atoms with Crippen LogP contribution < -0.4 is 0 Å². The number of piperidine rings is 1. The first-order valence-corrected chi connectivity index (χ1v) is 23.5. The number of carbonyl (C=O) groups is 5. The number of ether oxygens (including phenoxy) is 4. The van der Waals surface area contributed by atoms with Gasteiger partial charge in [-0.25, -0.2) is 4.79 Å². The number of allylic oxidation sites excluding steroid dienone is 6. The molecule has 1 aliphatic carbocycles. The van der Waals surface area contributed by atoms with E-state index < -0.39 is 89.6 Å². The molecular formula is C50H77NO13. The van der Waals surface area contributed by atoms with Crippen LogP contribution in [-0.2, 0) is 42.9 Å². The number of hydrogen-bond donors (Lipinski definition) is 4. The lowest BCUT2D eigenvalue weighted by atomic mass is 9.78. The van der Waals surface area contributed by atoms with Crippen LogP contribution in [0, 0.1) is 35.5 Å². The lowest BCUT2D eigenvalue weighted by molar-refractivity contribution is -0.265. The van der Waals surface area contributed by atoms with Crippen molar-refractivity contribution in [3.63, 3.8) is 0 Å². The number of methoxy groups -OCH3 is 2. The quantitative estimate of drug-likeness (QED) is 0.153. The van der Waals surface area contributed by atoms with Gasteiger partial charge in [0.1, 0.15) is 30.1 Å². The molecule has 14 heteroatoms. The molecule has 360 valence electrons. The Morgan fingerprint density at radius 3 is 2.25 bits per heavy atom. The fourth-order valence-corrected chi connectivity index (χ4v) is 9.89. The topological polar surface area (TPSA) is 206 Å². The van der Waals surface area contributed by atoms with Crippen molar-refractivity contribution in [1.29, 1.82) is 0 Å². The van der Waals surface area contributed by atoms with E-state index in [9.17, 15) is 44.4 Å². The van der Waals surface area contributed by atoms with Crippen molar-refractivity contribution in [2.45, 2.75) is 180 Å². The van der Waals surface area contributed by atoms with Crippen LogP contribution in [0.3, 0.4) is 0 Å². The first-order chi connectivity index (χ1) is 30.2. The number of nitrogens with zero attached hydrogens (tertiary/aromatic N) is 1. The smallest absolute Gasteiger partial charge is 0.329 e. The van der Waals surface area contributed by atoms with Gasteiger partial charge in [0.15, 0.2) is 5.78 Å². The second-order valence-electron chi connectivity index (χ2n) is 19.4. The molecule has 2 saturated heterocycles. The van der Waals surface area contributed by atoms with Crippen LogP contribution in [0.2, 0.25) is 0 Å². The largest absolute Gasteiger partial charge is 0.460 e. The number of aliphatic hydroxyl groups excluding tert-OH is 3. The molecule has 4 aliphatic rings. The molecule has 3 fully saturated rings. The van der Waals surface area contributed by atoms with Crippen molar-refractivity contribution in [1.82, 2.24) is 4.90 Å². The summed E-state index contributed by atoms with van der Waals surface area (Å²) in [6, 6.07) is -1.15. The van der Waals surface area contributed by atoms with Crippen LogP contribution in [0.5, 0.6) is 0 Å². The van der Waals surface area contributed by atoms with E-state index in [1.54, 1.807) is 41.9 Å². The average molecular weight is 900 g/mol. The van der Waals surface area contributed by atoms with Gasteiger partial charge in [0, 0.05) is 51.4 Å². The van der Waals surface area contributed by atoms with Crippen LogP contribution in [-0.4, -0.2) is 130 Å². The summed E-state index contributed by atoms with van der Waals surface area (Å²) in [5.74, 6) is -8.59. The highest BCUT2D eigenvalue weighted by atomic mass is 16.6. The van der Waals surface area contributed by atoms with Crippen molar-refractivity contribution in [3.05, 3.63) is 47.6 Å². The number of Topliss-reactive ketones (excluding diaryl/α,β-unsaturated/α-hetero) is 3. The summed E-state index contributed by atoms with van der Waals surface area (Å²) in [5.41, 5.74) is 1.11. The first kappa shape index (κ1) is 53.2. The summed E-state index contributed by atoms with van der Waals surface area (Å²) < 4.78 is 23.7. The Morgan fingerprint density at radius 2 is 1.56 bits per heavy atom. The summed E-state index contributed by atoms with van der Waals surface area (Å²) in [5, 5.41) is 44.5. The fourth-order valence-electron chi connectivity index (χ4n) is 9.89. The zero-order valence-electron chi connectivity index (χ0n) is 39.6. The Morgan fingerprint density at radius 1 is 0.844 bits per heavy atom. The highest BCUT2D eigenvalue weighted by Crippen LogP contribution is 2.38. The van der Waals surface area contributed by atoms with E-state index in [1.165, 1.54) is 11.0 Å². The summed E-state index contributed by atoms with van der Waals surface area (Å²) in [6.07, 6.45) is 9.84. The third-order valence-electron chi connectivity index (χ3n) is 14.2. The normalized spacial score (nSPS) is 40.9. The van der Waals surface area contributed by atoms with Crippen LogP contribution in [0.15, 0.2) is 47.6 Å². The number of aliphatic hydroxyl groups is 4. The lowest BCUT2D eigenvalue weighted by Gasteiger charge is -2.42. The molecule has 1 amide bonds. The van der Waals surface area contributed by atoms with Gasteiger partial charge in [-0.2, -0.15) is 0 Å². The number of ketones is 3. The van der Waals surface area contributed by atoms with Gasteiger partial charge < -0.3 is 44.3 Å². The van der Waals surface area contributed by atoms with E-state index in [2.05, 4.69) is 0 Å². The summed E-state index contributed by atoms with van der Waals surface area (Å²) in [7, 11) is 3.12. The molecule has 14 nitrogen and oxygen atoms in total. The second-order valence-corrected chi connectivity index (χ2v) is 19.4. The van der Waals surface area contributed by atoms with Crippen LogP contribution in [0.1, 0.15) is 126 Å². The molecule has 2 bridgehead atoms.